The van der Waals surface area contributed by atoms with Crippen LogP contribution in [0.1, 0.15) is 0 Å². The first-order chi connectivity index (χ1) is 7.48. The summed E-state index contributed by atoms with van der Waals surface area (Å²) in [7, 11) is -1.31. The second kappa shape index (κ2) is 3.71. The van der Waals surface area contributed by atoms with Gasteiger partial charge >= 0.3 is 0 Å². The van der Waals surface area contributed by atoms with Crippen LogP contribution >= 0.6 is 0 Å². The average Bonchev–Trinajstić information content (AvgIpc) is 2.63. The molecule has 0 N–H and O–H groups in total. The zero-order valence-corrected chi connectivity index (χ0v) is 9.77. The number of aromatic nitrogens is 3. The van der Waals surface area contributed by atoms with E-state index in [9.17, 15) is 8.42 Å². The standard InChI is InChI=1S/C10H11N3O2S/c1-13-7-11-12-10(13)8-3-5-9(6-4-8)16(2,14)15/h3-7H,1-2H3. The minimum atomic E-state index is -3.14. The summed E-state index contributed by atoms with van der Waals surface area (Å²) >= 11 is 0. The lowest BCUT2D eigenvalue weighted by Gasteiger charge is -2.02. The number of aryl methyl sites for hydroxylation is 1. The smallest absolute Gasteiger partial charge is 0.175 e. The van der Waals surface area contributed by atoms with Gasteiger partial charge < -0.3 is 4.57 Å². The Bertz CT molecular complexity index is 599. The number of hydrogen-bond donors (Lipinski definition) is 0. The fourth-order valence-corrected chi connectivity index (χ4v) is 2.03. The number of nitrogens with zero attached hydrogens (tertiary/aromatic N) is 3. The van der Waals surface area contributed by atoms with Gasteiger partial charge in [0.15, 0.2) is 15.7 Å². The molecule has 1 aromatic heterocycles. The second-order valence-electron chi connectivity index (χ2n) is 3.56. The highest BCUT2D eigenvalue weighted by atomic mass is 32.2. The van der Waals surface area contributed by atoms with Gasteiger partial charge in [0.2, 0.25) is 0 Å². The summed E-state index contributed by atoms with van der Waals surface area (Å²) in [5.74, 6) is 0.708. The van der Waals surface area contributed by atoms with Gasteiger partial charge in [0.05, 0.1) is 4.90 Å². The number of rotatable bonds is 2. The summed E-state index contributed by atoms with van der Waals surface area (Å²) in [4.78, 5) is 0.304. The SMILES string of the molecule is Cn1cnnc1-c1ccc(S(C)(=O)=O)cc1. The van der Waals surface area contributed by atoms with E-state index < -0.39 is 9.84 Å². The molecule has 0 saturated carbocycles. The Morgan fingerprint density at radius 1 is 1.19 bits per heavy atom. The summed E-state index contributed by atoms with van der Waals surface area (Å²) in [6, 6.07) is 6.58. The van der Waals surface area contributed by atoms with Gasteiger partial charge in [-0.15, -0.1) is 10.2 Å². The molecule has 0 unspecified atom stereocenters. The molecule has 0 amide bonds. The van der Waals surface area contributed by atoms with Crippen LogP contribution in [0.3, 0.4) is 0 Å². The van der Waals surface area contributed by atoms with Crippen LogP contribution in [0.2, 0.25) is 0 Å². The van der Waals surface area contributed by atoms with Gasteiger partial charge in [-0.3, -0.25) is 0 Å². The van der Waals surface area contributed by atoms with Crippen molar-refractivity contribution in [1.29, 1.82) is 0 Å². The van der Waals surface area contributed by atoms with Crippen LogP contribution in [0.25, 0.3) is 11.4 Å². The maximum atomic E-state index is 11.3. The fourth-order valence-electron chi connectivity index (χ4n) is 1.40. The summed E-state index contributed by atoms with van der Waals surface area (Å²) in [5, 5.41) is 7.71. The van der Waals surface area contributed by atoms with E-state index in [0.717, 1.165) is 5.56 Å². The molecule has 0 aliphatic carbocycles. The van der Waals surface area contributed by atoms with Crippen molar-refractivity contribution in [3.63, 3.8) is 0 Å². The van der Waals surface area contributed by atoms with E-state index in [-0.39, 0.29) is 0 Å². The Morgan fingerprint density at radius 3 is 2.25 bits per heavy atom. The van der Waals surface area contributed by atoms with Crippen molar-refractivity contribution in [2.24, 2.45) is 7.05 Å². The number of sulfone groups is 1. The third-order valence-electron chi connectivity index (χ3n) is 2.25. The van der Waals surface area contributed by atoms with E-state index in [4.69, 9.17) is 0 Å². The van der Waals surface area contributed by atoms with Gasteiger partial charge in [-0.1, -0.05) is 0 Å². The zero-order chi connectivity index (χ0) is 11.8. The molecule has 0 fully saturated rings. The third kappa shape index (κ3) is 1.96. The van der Waals surface area contributed by atoms with Gasteiger partial charge in [0.1, 0.15) is 6.33 Å². The second-order valence-corrected chi connectivity index (χ2v) is 5.58. The summed E-state index contributed by atoms with van der Waals surface area (Å²) < 4.78 is 24.3. The zero-order valence-electron chi connectivity index (χ0n) is 8.95. The number of benzene rings is 1. The Hall–Kier alpha value is -1.69. The topological polar surface area (TPSA) is 64.8 Å². The molecule has 0 aliphatic heterocycles. The lowest BCUT2D eigenvalue weighted by molar-refractivity contribution is 0.602. The van der Waals surface area contributed by atoms with E-state index in [2.05, 4.69) is 10.2 Å². The molecule has 2 rings (SSSR count). The summed E-state index contributed by atoms with van der Waals surface area (Å²) in [6.07, 6.45) is 2.78. The molecular weight excluding hydrogens is 226 g/mol. The monoisotopic (exact) mass is 237 g/mol. The molecule has 1 aromatic carbocycles. The van der Waals surface area contributed by atoms with Crippen molar-refractivity contribution >= 4 is 9.84 Å². The molecule has 0 bridgehead atoms. The van der Waals surface area contributed by atoms with Crippen molar-refractivity contribution in [3.8, 4) is 11.4 Å². The first-order valence-corrected chi connectivity index (χ1v) is 6.52. The van der Waals surface area contributed by atoms with Crippen molar-refractivity contribution in [1.82, 2.24) is 14.8 Å². The quantitative estimate of drug-likeness (QED) is 0.778. The van der Waals surface area contributed by atoms with Crippen LogP contribution in [0, 0.1) is 0 Å². The molecule has 0 saturated heterocycles. The number of hydrogen-bond acceptors (Lipinski definition) is 4. The Balaban J connectivity index is 2.45. The molecule has 84 valence electrons. The van der Waals surface area contributed by atoms with E-state index >= 15 is 0 Å². The van der Waals surface area contributed by atoms with Crippen molar-refractivity contribution in [2.45, 2.75) is 4.90 Å². The highest BCUT2D eigenvalue weighted by Gasteiger charge is 2.08. The maximum Gasteiger partial charge on any atom is 0.175 e. The van der Waals surface area contributed by atoms with Crippen molar-refractivity contribution in [2.75, 3.05) is 6.26 Å². The Labute approximate surface area is 93.7 Å². The minimum absolute atomic E-state index is 0.304. The van der Waals surface area contributed by atoms with E-state index in [1.54, 1.807) is 35.2 Å². The fraction of sp³-hybridized carbons (Fsp3) is 0.200. The predicted octanol–water partition coefficient (Wildman–Crippen LogP) is 0.886. The lowest BCUT2D eigenvalue weighted by atomic mass is 10.2. The molecular formula is C10H11N3O2S. The van der Waals surface area contributed by atoms with Crippen molar-refractivity contribution < 1.29 is 8.42 Å². The van der Waals surface area contributed by atoms with Crippen LogP contribution in [0.5, 0.6) is 0 Å². The lowest BCUT2D eigenvalue weighted by Crippen LogP contribution is -1.97. The highest BCUT2D eigenvalue weighted by molar-refractivity contribution is 7.90. The van der Waals surface area contributed by atoms with E-state index in [0.29, 0.717) is 10.7 Å². The molecule has 5 nitrogen and oxygen atoms in total. The van der Waals surface area contributed by atoms with E-state index in [1.807, 2.05) is 7.05 Å². The van der Waals surface area contributed by atoms with Crippen LogP contribution < -0.4 is 0 Å². The van der Waals surface area contributed by atoms with Gasteiger partial charge in [0, 0.05) is 18.9 Å². The first kappa shape index (κ1) is 10.8. The summed E-state index contributed by atoms with van der Waals surface area (Å²) in [6.45, 7) is 0. The Kier molecular flexibility index (Phi) is 2.51. The first-order valence-electron chi connectivity index (χ1n) is 4.63. The van der Waals surface area contributed by atoms with Crippen LogP contribution in [-0.2, 0) is 16.9 Å². The predicted molar refractivity (Wildman–Crippen MR) is 59.5 cm³/mol. The van der Waals surface area contributed by atoms with Gasteiger partial charge in [0.25, 0.3) is 0 Å². The van der Waals surface area contributed by atoms with Gasteiger partial charge in [-0.05, 0) is 24.3 Å². The third-order valence-corrected chi connectivity index (χ3v) is 3.38. The van der Waals surface area contributed by atoms with Crippen LogP contribution in [0.15, 0.2) is 35.5 Å². The molecule has 0 aliphatic rings. The van der Waals surface area contributed by atoms with Gasteiger partial charge in [-0.2, -0.15) is 0 Å². The molecule has 6 heteroatoms. The Morgan fingerprint density at radius 2 is 1.81 bits per heavy atom. The van der Waals surface area contributed by atoms with Crippen LogP contribution in [0.4, 0.5) is 0 Å². The highest BCUT2D eigenvalue weighted by Crippen LogP contribution is 2.18. The molecule has 0 radical (unpaired) electrons. The normalized spacial score (nSPS) is 11.6. The molecule has 0 atom stereocenters. The van der Waals surface area contributed by atoms with E-state index in [1.165, 1.54) is 6.26 Å². The minimum Gasteiger partial charge on any atom is -0.317 e. The largest absolute Gasteiger partial charge is 0.317 e. The summed E-state index contributed by atoms with van der Waals surface area (Å²) in [5.41, 5.74) is 0.840. The molecule has 16 heavy (non-hydrogen) atoms. The van der Waals surface area contributed by atoms with Crippen molar-refractivity contribution in [3.05, 3.63) is 30.6 Å². The molecule has 0 spiro atoms. The average molecular weight is 237 g/mol. The maximum absolute atomic E-state index is 11.3. The van der Waals surface area contributed by atoms with Crippen LogP contribution in [-0.4, -0.2) is 29.4 Å². The molecule has 2 aromatic rings. The van der Waals surface area contributed by atoms with Gasteiger partial charge in [-0.25, -0.2) is 8.42 Å². The molecule has 1 heterocycles.